The quantitative estimate of drug-likeness (QED) is 0.798. The summed E-state index contributed by atoms with van der Waals surface area (Å²) in [4.78, 5) is 4.26. The summed E-state index contributed by atoms with van der Waals surface area (Å²) in [6, 6.07) is 7.23. The Balaban J connectivity index is 2.18. The molecule has 0 fully saturated rings. The number of rotatable bonds is 4. The standard InChI is InChI=1S/C11H10ClIN2OS/c12-7-3-1-2-4-8(7)15-9(6-16)11-14-5-10(13)17-11/h1-5,9,15-16H,6H2. The van der Waals surface area contributed by atoms with Gasteiger partial charge in [-0.05, 0) is 34.7 Å². The van der Waals surface area contributed by atoms with E-state index in [-0.39, 0.29) is 12.6 Å². The van der Waals surface area contributed by atoms with Crippen LogP contribution in [0.2, 0.25) is 5.02 Å². The molecule has 0 bridgehead atoms. The Morgan fingerprint density at radius 3 is 2.82 bits per heavy atom. The fraction of sp³-hybridized carbons (Fsp3) is 0.182. The highest BCUT2D eigenvalue weighted by atomic mass is 127. The molecule has 0 aliphatic rings. The predicted molar refractivity (Wildman–Crippen MR) is 79.7 cm³/mol. The van der Waals surface area contributed by atoms with Gasteiger partial charge in [-0.1, -0.05) is 23.7 Å². The smallest absolute Gasteiger partial charge is 0.118 e. The molecule has 6 heteroatoms. The number of aliphatic hydroxyl groups is 1. The molecular formula is C11H10ClIN2OS. The molecule has 0 spiro atoms. The van der Waals surface area contributed by atoms with Crippen LogP contribution < -0.4 is 5.32 Å². The lowest BCUT2D eigenvalue weighted by Crippen LogP contribution is -2.14. The summed E-state index contributed by atoms with van der Waals surface area (Å²) in [5.74, 6) is 0. The number of thiazole rings is 1. The number of nitrogens with one attached hydrogen (secondary N) is 1. The molecule has 2 rings (SSSR count). The fourth-order valence-electron chi connectivity index (χ4n) is 1.38. The minimum absolute atomic E-state index is 0.0190. The van der Waals surface area contributed by atoms with Crippen LogP contribution >= 0.6 is 45.5 Å². The van der Waals surface area contributed by atoms with E-state index in [9.17, 15) is 5.11 Å². The summed E-state index contributed by atoms with van der Waals surface area (Å²) in [6.45, 7) is -0.0190. The van der Waals surface area contributed by atoms with Crippen LogP contribution in [0.5, 0.6) is 0 Å². The Morgan fingerprint density at radius 2 is 2.24 bits per heavy atom. The Labute approximate surface area is 122 Å². The molecule has 1 heterocycles. The molecule has 2 aromatic rings. The van der Waals surface area contributed by atoms with Crippen molar-refractivity contribution in [2.75, 3.05) is 11.9 Å². The van der Waals surface area contributed by atoms with Crippen molar-refractivity contribution in [3.05, 3.63) is 43.4 Å². The number of hydrogen-bond acceptors (Lipinski definition) is 4. The molecule has 3 nitrogen and oxygen atoms in total. The molecule has 17 heavy (non-hydrogen) atoms. The molecule has 90 valence electrons. The summed E-state index contributed by atoms with van der Waals surface area (Å²) in [5.41, 5.74) is 0.804. The number of para-hydroxylation sites is 1. The van der Waals surface area contributed by atoms with Crippen LogP contribution in [0.1, 0.15) is 11.0 Å². The van der Waals surface area contributed by atoms with Gasteiger partial charge in [0.2, 0.25) is 0 Å². The Morgan fingerprint density at radius 1 is 1.47 bits per heavy atom. The maximum absolute atomic E-state index is 9.40. The van der Waals surface area contributed by atoms with Gasteiger partial charge in [-0.3, -0.25) is 0 Å². The minimum Gasteiger partial charge on any atom is -0.394 e. The molecule has 0 amide bonds. The number of benzene rings is 1. The topological polar surface area (TPSA) is 45.1 Å². The van der Waals surface area contributed by atoms with Crippen LogP contribution in [0.4, 0.5) is 5.69 Å². The summed E-state index contributed by atoms with van der Waals surface area (Å²) < 4.78 is 1.09. The highest BCUT2D eigenvalue weighted by molar-refractivity contribution is 14.1. The third kappa shape index (κ3) is 3.31. The number of aromatic nitrogens is 1. The second-order valence-electron chi connectivity index (χ2n) is 3.36. The van der Waals surface area contributed by atoms with E-state index in [4.69, 9.17) is 11.6 Å². The van der Waals surface area contributed by atoms with Crippen molar-refractivity contribution in [3.63, 3.8) is 0 Å². The average Bonchev–Trinajstić information content (AvgIpc) is 2.75. The zero-order chi connectivity index (χ0) is 12.3. The first-order valence-corrected chi connectivity index (χ1v) is 7.21. The molecule has 1 unspecified atom stereocenters. The molecule has 0 aliphatic heterocycles. The van der Waals surface area contributed by atoms with Crippen LogP contribution in [-0.2, 0) is 0 Å². The van der Waals surface area contributed by atoms with Crippen LogP contribution in [0.25, 0.3) is 0 Å². The lowest BCUT2D eigenvalue weighted by Gasteiger charge is -2.15. The van der Waals surface area contributed by atoms with E-state index in [2.05, 4.69) is 32.9 Å². The molecule has 0 saturated heterocycles. The van der Waals surface area contributed by atoms with Gasteiger partial charge in [0, 0.05) is 0 Å². The van der Waals surface area contributed by atoms with Crippen LogP contribution in [-0.4, -0.2) is 16.7 Å². The second-order valence-corrected chi connectivity index (χ2v) is 6.73. The van der Waals surface area contributed by atoms with E-state index in [1.165, 1.54) is 0 Å². The van der Waals surface area contributed by atoms with Gasteiger partial charge in [-0.2, -0.15) is 0 Å². The molecule has 1 atom stereocenters. The first-order valence-electron chi connectivity index (χ1n) is 4.94. The van der Waals surface area contributed by atoms with Crippen LogP contribution in [0, 0.1) is 2.88 Å². The zero-order valence-corrected chi connectivity index (χ0v) is 12.5. The third-order valence-electron chi connectivity index (χ3n) is 2.18. The molecular weight excluding hydrogens is 371 g/mol. The van der Waals surface area contributed by atoms with Crippen molar-refractivity contribution in [1.29, 1.82) is 0 Å². The summed E-state index contributed by atoms with van der Waals surface area (Å²) in [5, 5.41) is 14.1. The largest absolute Gasteiger partial charge is 0.394 e. The van der Waals surface area contributed by atoms with Gasteiger partial charge in [-0.15, -0.1) is 11.3 Å². The summed E-state index contributed by atoms with van der Waals surface area (Å²) in [6.07, 6.45) is 1.79. The van der Waals surface area contributed by atoms with Gasteiger partial charge in [-0.25, -0.2) is 4.98 Å². The lowest BCUT2D eigenvalue weighted by atomic mass is 10.2. The summed E-state index contributed by atoms with van der Waals surface area (Å²) >= 11 is 9.82. The van der Waals surface area contributed by atoms with Crippen molar-refractivity contribution < 1.29 is 5.11 Å². The number of hydrogen-bond donors (Lipinski definition) is 2. The number of nitrogens with zero attached hydrogens (tertiary/aromatic N) is 1. The van der Waals surface area contributed by atoms with Gasteiger partial charge in [0.15, 0.2) is 0 Å². The van der Waals surface area contributed by atoms with Gasteiger partial charge in [0.05, 0.1) is 26.4 Å². The normalized spacial score (nSPS) is 12.4. The molecule has 0 saturated carbocycles. The van der Waals surface area contributed by atoms with Crippen molar-refractivity contribution in [1.82, 2.24) is 4.98 Å². The van der Waals surface area contributed by atoms with E-state index in [1.54, 1.807) is 17.5 Å². The Kier molecular flexibility index (Phi) is 4.61. The maximum atomic E-state index is 9.40. The highest BCUT2D eigenvalue weighted by Crippen LogP contribution is 2.28. The lowest BCUT2D eigenvalue weighted by molar-refractivity contribution is 0.276. The molecule has 1 aromatic carbocycles. The molecule has 2 N–H and O–H groups in total. The summed E-state index contributed by atoms with van der Waals surface area (Å²) in [7, 11) is 0. The van der Waals surface area contributed by atoms with Crippen LogP contribution in [0.3, 0.4) is 0 Å². The van der Waals surface area contributed by atoms with E-state index in [0.717, 1.165) is 13.6 Å². The monoisotopic (exact) mass is 380 g/mol. The van der Waals surface area contributed by atoms with E-state index in [1.807, 2.05) is 24.3 Å². The average molecular weight is 381 g/mol. The second kappa shape index (κ2) is 5.99. The SMILES string of the molecule is OCC(Nc1ccccc1Cl)c1ncc(I)s1. The molecule has 1 aromatic heterocycles. The van der Waals surface area contributed by atoms with Crippen molar-refractivity contribution >= 4 is 51.2 Å². The van der Waals surface area contributed by atoms with Crippen molar-refractivity contribution in [2.45, 2.75) is 6.04 Å². The molecule has 0 aliphatic carbocycles. The first kappa shape index (κ1) is 13.1. The zero-order valence-electron chi connectivity index (χ0n) is 8.73. The van der Waals surface area contributed by atoms with Crippen LogP contribution in [0.15, 0.2) is 30.5 Å². The van der Waals surface area contributed by atoms with Gasteiger partial charge >= 0.3 is 0 Å². The van der Waals surface area contributed by atoms with E-state index >= 15 is 0 Å². The van der Waals surface area contributed by atoms with E-state index < -0.39 is 0 Å². The Bertz CT molecular complexity index is 506. The predicted octanol–water partition coefficient (Wildman–Crippen LogP) is 3.55. The number of anilines is 1. The highest BCUT2D eigenvalue weighted by Gasteiger charge is 2.15. The minimum atomic E-state index is -0.219. The van der Waals surface area contributed by atoms with Gasteiger partial charge < -0.3 is 10.4 Å². The van der Waals surface area contributed by atoms with E-state index in [0.29, 0.717) is 5.02 Å². The van der Waals surface area contributed by atoms with Gasteiger partial charge in [0.25, 0.3) is 0 Å². The third-order valence-corrected chi connectivity index (χ3v) is 4.35. The fourth-order valence-corrected chi connectivity index (χ4v) is 3.07. The number of aliphatic hydroxyl groups excluding tert-OH is 1. The Hall–Kier alpha value is -0.370. The molecule has 0 radical (unpaired) electrons. The van der Waals surface area contributed by atoms with Gasteiger partial charge in [0.1, 0.15) is 11.0 Å². The first-order chi connectivity index (χ1) is 8.20. The van der Waals surface area contributed by atoms with Crippen molar-refractivity contribution in [2.24, 2.45) is 0 Å². The van der Waals surface area contributed by atoms with Crippen molar-refractivity contribution in [3.8, 4) is 0 Å². The number of halogens is 2. The maximum Gasteiger partial charge on any atom is 0.118 e.